The molecular formula is C8H13FN2O2. The van der Waals surface area contributed by atoms with Gasteiger partial charge in [0, 0.05) is 19.5 Å². The molecule has 1 heterocycles. The van der Waals surface area contributed by atoms with Crippen molar-refractivity contribution in [1.82, 2.24) is 10.2 Å². The second-order valence-corrected chi connectivity index (χ2v) is 2.95. The molecule has 74 valence electrons. The zero-order valence-electron chi connectivity index (χ0n) is 7.38. The summed E-state index contributed by atoms with van der Waals surface area (Å²) >= 11 is 0. The van der Waals surface area contributed by atoms with Gasteiger partial charge in [-0.15, -0.1) is 0 Å². The van der Waals surface area contributed by atoms with E-state index in [1.165, 1.54) is 4.90 Å². The van der Waals surface area contributed by atoms with Gasteiger partial charge < -0.3 is 10.2 Å². The van der Waals surface area contributed by atoms with Crippen LogP contribution >= 0.6 is 0 Å². The van der Waals surface area contributed by atoms with Crippen LogP contribution in [0, 0.1) is 0 Å². The van der Waals surface area contributed by atoms with Crippen LogP contribution in [0.3, 0.4) is 0 Å². The van der Waals surface area contributed by atoms with E-state index in [0.29, 0.717) is 25.9 Å². The normalized spacial score (nSPS) is 18.4. The first-order valence-corrected chi connectivity index (χ1v) is 4.34. The molecule has 0 aromatic carbocycles. The van der Waals surface area contributed by atoms with Gasteiger partial charge in [0.15, 0.2) is 0 Å². The number of rotatable bonds is 3. The summed E-state index contributed by atoms with van der Waals surface area (Å²) in [6, 6.07) is 0. The maximum absolute atomic E-state index is 11.8. The first kappa shape index (κ1) is 9.95. The lowest BCUT2D eigenvalue weighted by atomic mass is 10.3. The monoisotopic (exact) mass is 188 g/mol. The Balaban J connectivity index is 2.42. The van der Waals surface area contributed by atoms with Gasteiger partial charge in [-0.1, -0.05) is 0 Å². The highest BCUT2D eigenvalue weighted by molar-refractivity contribution is 5.87. The van der Waals surface area contributed by atoms with Crippen molar-refractivity contribution in [2.24, 2.45) is 0 Å². The molecule has 1 aliphatic rings. The topological polar surface area (TPSA) is 49.4 Å². The number of carbonyl (C=O) groups excluding carboxylic acids is 2. The summed E-state index contributed by atoms with van der Waals surface area (Å²) in [5, 5.41) is 2.48. The summed E-state index contributed by atoms with van der Waals surface area (Å²) in [6.07, 6.45) is 0.665. The molecule has 0 bridgehead atoms. The largest absolute Gasteiger partial charge is 0.347 e. The summed E-state index contributed by atoms with van der Waals surface area (Å²) in [5.41, 5.74) is 0. The standard InChI is InChI=1S/C8H13FN2O2/c9-3-1-4-11-5-2-7(12)10-6-8(11)13/h1-6H2,(H,10,12). The van der Waals surface area contributed by atoms with Gasteiger partial charge in [-0.05, 0) is 6.42 Å². The highest BCUT2D eigenvalue weighted by Gasteiger charge is 2.18. The van der Waals surface area contributed by atoms with E-state index in [2.05, 4.69) is 5.32 Å². The smallest absolute Gasteiger partial charge is 0.241 e. The fourth-order valence-electron chi connectivity index (χ4n) is 1.22. The molecule has 0 saturated carbocycles. The molecule has 5 heteroatoms. The van der Waals surface area contributed by atoms with Crippen molar-refractivity contribution in [3.05, 3.63) is 0 Å². The molecule has 0 aromatic heterocycles. The second kappa shape index (κ2) is 4.79. The van der Waals surface area contributed by atoms with E-state index in [1.807, 2.05) is 0 Å². The molecule has 1 rings (SSSR count). The molecule has 0 atom stereocenters. The Labute approximate surface area is 76.1 Å². The first-order chi connectivity index (χ1) is 6.24. The maximum Gasteiger partial charge on any atom is 0.241 e. The summed E-state index contributed by atoms with van der Waals surface area (Å²) < 4.78 is 11.8. The van der Waals surface area contributed by atoms with Crippen molar-refractivity contribution in [2.75, 3.05) is 26.3 Å². The lowest BCUT2D eigenvalue weighted by Gasteiger charge is -2.18. The van der Waals surface area contributed by atoms with E-state index in [0.717, 1.165) is 0 Å². The molecule has 1 fully saturated rings. The average Bonchev–Trinajstić information content (AvgIpc) is 2.28. The third-order valence-electron chi connectivity index (χ3n) is 1.96. The minimum atomic E-state index is -0.425. The van der Waals surface area contributed by atoms with Crippen LogP contribution in [0.1, 0.15) is 12.8 Å². The van der Waals surface area contributed by atoms with E-state index in [4.69, 9.17) is 0 Å². The molecule has 13 heavy (non-hydrogen) atoms. The van der Waals surface area contributed by atoms with Gasteiger partial charge in [-0.3, -0.25) is 14.0 Å². The highest BCUT2D eigenvalue weighted by Crippen LogP contribution is 1.99. The van der Waals surface area contributed by atoms with E-state index in [1.54, 1.807) is 0 Å². The van der Waals surface area contributed by atoms with E-state index < -0.39 is 6.67 Å². The van der Waals surface area contributed by atoms with Crippen molar-refractivity contribution < 1.29 is 14.0 Å². The van der Waals surface area contributed by atoms with Gasteiger partial charge in [-0.25, -0.2) is 0 Å². The molecule has 0 spiro atoms. The third kappa shape index (κ3) is 3.01. The van der Waals surface area contributed by atoms with Crippen LogP contribution < -0.4 is 5.32 Å². The van der Waals surface area contributed by atoms with Crippen molar-refractivity contribution in [1.29, 1.82) is 0 Å². The van der Waals surface area contributed by atoms with Crippen LogP contribution in [0.2, 0.25) is 0 Å². The summed E-state index contributed by atoms with van der Waals surface area (Å²) in [7, 11) is 0. The van der Waals surface area contributed by atoms with Gasteiger partial charge in [0.05, 0.1) is 13.2 Å². The number of nitrogens with zero attached hydrogens (tertiary/aromatic N) is 1. The molecule has 0 unspecified atom stereocenters. The maximum atomic E-state index is 11.8. The van der Waals surface area contributed by atoms with Gasteiger partial charge in [0.2, 0.25) is 11.8 Å². The summed E-state index contributed by atoms with van der Waals surface area (Å²) in [4.78, 5) is 23.7. The number of hydrogen-bond donors (Lipinski definition) is 1. The van der Waals surface area contributed by atoms with E-state index >= 15 is 0 Å². The average molecular weight is 188 g/mol. The predicted octanol–water partition coefficient (Wildman–Crippen LogP) is -0.305. The minimum absolute atomic E-state index is 0.0467. The van der Waals surface area contributed by atoms with Crippen molar-refractivity contribution in [2.45, 2.75) is 12.8 Å². The number of nitrogens with one attached hydrogen (secondary N) is 1. The van der Waals surface area contributed by atoms with Crippen LogP contribution in [-0.2, 0) is 9.59 Å². The van der Waals surface area contributed by atoms with Crippen LogP contribution in [0.25, 0.3) is 0 Å². The Morgan fingerprint density at radius 3 is 2.92 bits per heavy atom. The van der Waals surface area contributed by atoms with Crippen LogP contribution in [0.5, 0.6) is 0 Å². The molecule has 2 amide bonds. The molecule has 1 saturated heterocycles. The van der Waals surface area contributed by atoms with Crippen LogP contribution in [0.4, 0.5) is 4.39 Å². The number of halogens is 1. The Morgan fingerprint density at radius 1 is 1.46 bits per heavy atom. The summed E-state index contributed by atoms with van der Waals surface area (Å²) in [5.74, 6) is -0.240. The van der Waals surface area contributed by atoms with E-state index in [9.17, 15) is 14.0 Å². The number of amides is 2. The molecule has 0 aliphatic carbocycles. The Kier molecular flexibility index (Phi) is 3.67. The molecule has 0 radical (unpaired) electrons. The van der Waals surface area contributed by atoms with Crippen LogP contribution in [0.15, 0.2) is 0 Å². The molecule has 1 N–H and O–H groups in total. The Bertz CT molecular complexity index is 208. The fourth-order valence-corrected chi connectivity index (χ4v) is 1.22. The lowest BCUT2D eigenvalue weighted by molar-refractivity contribution is -0.130. The molecule has 1 aliphatic heterocycles. The zero-order chi connectivity index (χ0) is 9.68. The Morgan fingerprint density at radius 2 is 2.23 bits per heavy atom. The second-order valence-electron chi connectivity index (χ2n) is 2.95. The molecule has 0 aromatic rings. The molecule has 4 nitrogen and oxygen atoms in total. The predicted molar refractivity (Wildman–Crippen MR) is 44.8 cm³/mol. The highest BCUT2D eigenvalue weighted by atomic mass is 19.1. The quantitative estimate of drug-likeness (QED) is 0.660. The van der Waals surface area contributed by atoms with Crippen molar-refractivity contribution in [3.63, 3.8) is 0 Å². The van der Waals surface area contributed by atoms with Crippen molar-refractivity contribution >= 4 is 11.8 Å². The minimum Gasteiger partial charge on any atom is -0.347 e. The zero-order valence-corrected chi connectivity index (χ0v) is 7.38. The van der Waals surface area contributed by atoms with Gasteiger partial charge >= 0.3 is 0 Å². The molecular weight excluding hydrogens is 175 g/mol. The van der Waals surface area contributed by atoms with E-state index in [-0.39, 0.29) is 18.4 Å². The van der Waals surface area contributed by atoms with Gasteiger partial charge in [0.1, 0.15) is 0 Å². The van der Waals surface area contributed by atoms with Gasteiger partial charge in [-0.2, -0.15) is 0 Å². The number of alkyl halides is 1. The SMILES string of the molecule is O=C1CCN(CCCF)C(=O)CN1. The van der Waals surface area contributed by atoms with Crippen molar-refractivity contribution in [3.8, 4) is 0 Å². The van der Waals surface area contributed by atoms with Gasteiger partial charge in [0.25, 0.3) is 0 Å². The third-order valence-corrected chi connectivity index (χ3v) is 1.96. The Hall–Kier alpha value is -1.13. The fraction of sp³-hybridized carbons (Fsp3) is 0.750. The summed E-state index contributed by atoms with van der Waals surface area (Å²) in [6.45, 7) is 0.436. The first-order valence-electron chi connectivity index (χ1n) is 4.34. The number of carbonyl (C=O) groups is 2. The lowest BCUT2D eigenvalue weighted by Crippen LogP contribution is -2.35. The number of hydrogen-bond acceptors (Lipinski definition) is 2. The van der Waals surface area contributed by atoms with Crippen LogP contribution in [-0.4, -0.2) is 43.0 Å².